The molecule has 2 heterocycles. The fourth-order valence-electron chi connectivity index (χ4n) is 3.42. The zero-order valence-corrected chi connectivity index (χ0v) is 19.8. The van der Waals surface area contributed by atoms with Gasteiger partial charge in [-0.2, -0.15) is 0 Å². The van der Waals surface area contributed by atoms with Crippen molar-refractivity contribution >= 4 is 62.7 Å². The Labute approximate surface area is 195 Å². The Balaban J connectivity index is 1.61. The number of rotatable bonds is 4. The molecule has 0 bridgehead atoms. The highest BCUT2D eigenvalue weighted by atomic mass is 32.2. The number of nitrogens with one attached hydrogen (secondary N) is 1. The van der Waals surface area contributed by atoms with Gasteiger partial charge in [-0.1, -0.05) is 30.3 Å². The molecule has 162 valence electrons. The van der Waals surface area contributed by atoms with Gasteiger partial charge in [0.15, 0.2) is 10.3 Å². The summed E-state index contributed by atoms with van der Waals surface area (Å²) in [5.74, 6) is -0.328. The number of carbonyl (C=O) groups excluding carboxylic acids is 2. The summed E-state index contributed by atoms with van der Waals surface area (Å²) in [6.07, 6.45) is 1.72. The van der Waals surface area contributed by atoms with Gasteiger partial charge < -0.3 is 5.32 Å². The number of aromatic nitrogens is 1. The number of hydrogen-bond donors (Lipinski definition) is 1. The molecule has 8 heteroatoms. The Bertz CT molecular complexity index is 1260. The summed E-state index contributed by atoms with van der Waals surface area (Å²) in [6.45, 7) is 7.48. The van der Waals surface area contributed by atoms with Crippen molar-refractivity contribution in [3.05, 3.63) is 75.1 Å². The van der Waals surface area contributed by atoms with Gasteiger partial charge in [-0.25, -0.2) is 9.98 Å². The van der Waals surface area contributed by atoms with Gasteiger partial charge in [0, 0.05) is 12.3 Å². The summed E-state index contributed by atoms with van der Waals surface area (Å²) in [5.41, 5.74) is 5.35. The van der Waals surface area contributed by atoms with Crippen LogP contribution < -0.4 is 10.2 Å². The summed E-state index contributed by atoms with van der Waals surface area (Å²) >= 11 is 2.64. The van der Waals surface area contributed by atoms with Gasteiger partial charge in [0.2, 0.25) is 5.91 Å². The third kappa shape index (κ3) is 4.66. The van der Waals surface area contributed by atoms with E-state index in [1.807, 2.05) is 68.6 Å². The largest absolute Gasteiger partial charge is 0.300 e. The van der Waals surface area contributed by atoms with Crippen LogP contribution in [0.2, 0.25) is 0 Å². The highest BCUT2D eigenvalue weighted by Crippen LogP contribution is 2.35. The molecule has 0 saturated carbocycles. The predicted molar refractivity (Wildman–Crippen MR) is 133 cm³/mol. The first-order valence-corrected chi connectivity index (χ1v) is 11.7. The quantitative estimate of drug-likeness (QED) is 0.509. The van der Waals surface area contributed by atoms with Crippen LogP contribution in [0.4, 0.5) is 16.5 Å². The van der Waals surface area contributed by atoms with Gasteiger partial charge in [-0.15, -0.1) is 11.3 Å². The lowest BCUT2D eigenvalue weighted by Crippen LogP contribution is -2.24. The number of para-hydroxylation sites is 1. The SMILES string of the molecule is CC(=O)N(c1nc(C=C2SC(=Nc3cccc(C)c3)NC2=O)cs1)c1c(C)cccc1C. The number of benzene rings is 2. The predicted octanol–water partition coefficient (Wildman–Crippen LogP) is 5.64. The van der Waals surface area contributed by atoms with Crippen molar-refractivity contribution in [2.45, 2.75) is 27.7 Å². The van der Waals surface area contributed by atoms with E-state index in [1.165, 1.54) is 30.0 Å². The zero-order chi connectivity index (χ0) is 22.8. The lowest BCUT2D eigenvalue weighted by Gasteiger charge is -2.22. The molecule has 0 aliphatic carbocycles. The average Bonchev–Trinajstić information content (AvgIpc) is 3.31. The summed E-state index contributed by atoms with van der Waals surface area (Å²) < 4.78 is 0. The number of carbonyl (C=O) groups is 2. The van der Waals surface area contributed by atoms with Crippen LogP contribution in [0.25, 0.3) is 6.08 Å². The van der Waals surface area contributed by atoms with E-state index in [4.69, 9.17) is 0 Å². The third-order valence-corrected chi connectivity index (χ3v) is 6.60. The van der Waals surface area contributed by atoms with E-state index >= 15 is 0 Å². The second-order valence-electron chi connectivity index (χ2n) is 7.47. The molecular weight excluding hydrogens is 440 g/mol. The molecule has 1 aromatic heterocycles. The number of anilines is 2. The van der Waals surface area contributed by atoms with E-state index in [1.54, 1.807) is 11.0 Å². The first kappa shape index (κ1) is 22.0. The first-order chi connectivity index (χ1) is 15.3. The third-order valence-electron chi connectivity index (χ3n) is 4.84. The molecule has 2 amide bonds. The van der Waals surface area contributed by atoms with Gasteiger partial charge in [0.25, 0.3) is 5.91 Å². The van der Waals surface area contributed by atoms with E-state index in [0.29, 0.717) is 20.9 Å². The Morgan fingerprint density at radius 2 is 1.84 bits per heavy atom. The Kier molecular flexibility index (Phi) is 6.25. The van der Waals surface area contributed by atoms with Gasteiger partial charge in [0.1, 0.15) is 0 Å². The molecule has 4 rings (SSSR count). The maximum Gasteiger partial charge on any atom is 0.264 e. The smallest absolute Gasteiger partial charge is 0.264 e. The number of thiazole rings is 1. The van der Waals surface area contributed by atoms with Crippen LogP contribution in [-0.2, 0) is 9.59 Å². The Morgan fingerprint density at radius 1 is 1.12 bits per heavy atom. The van der Waals surface area contributed by atoms with Crippen molar-refractivity contribution in [1.82, 2.24) is 10.3 Å². The van der Waals surface area contributed by atoms with E-state index < -0.39 is 0 Å². The molecule has 1 fully saturated rings. The molecule has 1 aliphatic rings. The van der Waals surface area contributed by atoms with Crippen molar-refractivity contribution in [1.29, 1.82) is 0 Å². The monoisotopic (exact) mass is 462 g/mol. The molecule has 1 saturated heterocycles. The lowest BCUT2D eigenvalue weighted by molar-refractivity contribution is -0.116. The number of thioether (sulfide) groups is 1. The Morgan fingerprint density at radius 3 is 2.53 bits per heavy atom. The molecule has 1 N–H and O–H groups in total. The van der Waals surface area contributed by atoms with Crippen LogP contribution in [0.5, 0.6) is 0 Å². The maximum atomic E-state index is 12.5. The van der Waals surface area contributed by atoms with Gasteiger partial charge in [0.05, 0.1) is 22.0 Å². The molecule has 2 aromatic carbocycles. The average molecular weight is 463 g/mol. The first-order valence-electron chi connectivity index (χ1n) is 10.0. The summed E-state index contributed by atoms with van der Waals surface area (Å²) in [6, 6.07) is 13.7. The fourth-order valence-corrected chi connectivity index (χ4v) is 5.08. The lowest BCUT2D eigenvalue weighted by atomic mass is 10.1. The van der Waals surface area contributed by atoms with Crippen molar-refractivity contribution in [3.8, 4) is 0 Å². The van der Waals surface area contributed by atoms with E-state index in [2.05, 4.69) is 15.3 Å². The van der Waals surface area contributed by atoms with E-state index in [-0.39, 0.29) is 11.8 Å². The molecule has 3 aromatic rings. The van der Waals surface area contributed by atoms with Crippen LogP contribution in [0, 0.1) is 20.8 Å². The van der Waals surface area contributed by atoms with Gasteiger partial charge >= 0.3 is 0 Å². The molecule has 0 radical (unpaired) electrons. The molecule has 32 heavy (non-hydrogen) atoms. The van der Waals surface area contributed by atoms with E-state index in [9.17, 15) is 9.59 Å². The topological polar surface area (TPSA) is 74.7 Å². The number of amidine groups is 1. The molecule has 6 nitrogen and oxygen atoms in total. The molecule has 1 aliphatic heterocycles. The summed E-state index contributed by atoms with van der Waals surface area (Å²) in [5, 5.41) is 5.74. The van der Waals surface area contributed by atoms with Crippen molar-refractivity contribution < 1.29 is 9.59 Å². The second kappa shape index (κ2) is 9.10. The zero-order valence-electron chi connectivity index (χ0n) is 18.2. The van der Waals surface area contributed by atoms with Crippen molar-refractivity contribution in [2.24, 2.45) is 4.99 Å². The van der Waals surface area contributed by atoms with E-state index in [0.717, 1.165) is 28.1 Å². The van der Waals surface area contributed by atoms with Crippen LogP contribution >= 0.6 is 23.1 Å². The number of aryl methyl sites for hydroxylation is 3. The highest BCUT2D eigenvalue weighted by molar-refractivity contribution is 8.18. The minimum Gasteiger partial charge on any atom is -0.300 e. The van der Waals surface area contributed by atoms with Crippen LogP contribution in [0.1, 0.15) is 29.3 Å². The van der Waals surface area contributed by atoms with Crippen molar-refractivity contribution in [2.75, 3.05) is 4.90 Å². The Hall–Kier alpha value is -3.23. The second-order valence-corrected chi connectivity index (χ2v) is 9.34. The van der Waals surface area contributed by atoms with Crippen molar-refractivity contribution in [3.63, 3.8) is 0 Å². The number of amides is 2. The van der Waals surface area contributed by atoms with Gasteiger partial charge in [-0.3, -0.25) is 14.5 Å². The maximum absolute atomic E-state index is 12.5. The minimum atomic E-state index is -0.214. The standard InChI is InChI=1S/C24H22N4O2S2/c1-14-7-5-10-18(11-14)25-23-27-22(30)20(32-23)12-19-13-31-24(26-19)28(17(4)29)21-15(2)8-6-9-16(21)3/h5-13H,1-4H3,(H,25,27,30). The minimum absolute atomic E-state index is 0.114. The molecular formula is C24H22N4O2S2. The highest BCUT2D eigenvalue weighted by Gasteiger charge is 2.25. The van der Waals surface area contributed by atoms with Gasteiger partial charge in [-0.05, 0) is 67.4 Å². The number of aliphatic imine (C=N–C) groups is 1. The van der Waals surface area contributed by atoms with Crippen LogP contribution in [-0.4, -0.2) is 22.0 Å². The number of nitrogens with zero attached hydrogens (tertiary/aromatic N) is 3. The summed E-state index contributed by atoms with van der Waals surface area (Å²) in [4.78, 5) is 36.2. The molecule has 0 atom stereocenters. The van der Waals surface area contributed by atoms with Crippen LogP contribution in [0.3, 0.4) is 0 Å². The molecule has 0 unspecified atom stereocenters. The van der Waals surface area contributed by atoms with Crippen LogP contribution in [0.15, 0.2) is 57.7 Å². The molecule has 0 spiro atoms. The normalized spacial score (nSPS) is 15.9. The number of hydrogen-bond acceptors (Lipinski definition) is 6. The fraction of sp³-hybridized carbons (Fsp3) is 0.167. The summed E-state index contributed by atoms with van der Waals surface area (Å²) in [7, 11) is 0.